The van der Waals surface area contributed by atoms with E-state index < -0.39 is 60.2 Å². The summed E-state index contributed by atoms with van der Waals surface area (Å²) in [6.45, 7) is -0.510. The summed E-state index contributed by atoms with van der Waals surface area (Å²) in [6, 6.07) is 5.59. The van der Waals surface area contributed by atoms with Crippen LogP contribution < -0.4 is 16.0 Å². The van der Waals surface area contributed by atoms with Crippen molar-refractivity contribution >= 4 is 17.6 Å². The number of aliphatic hydroxyl groups is 1. The molecule has 0 spiro atoms. The van der Waals surface area contributed by atoms with Crippen molar-refractivity contribution < 1.29 is 41.4 Å². The Morgan fingerprint density at radius 1 is 1.03 bits per heavy atom. The van der Waals surface area contributed by atoms with E-state index in [-0.39, 0.29) is 24.2 Å². The van der Waals surface area contributed by atoms with Crippen LogP contribution in [0, 0.1) is 11.6 Å². The molecule has 0 saturated carbocycles. The third-order valence-corrected chi connectivity index (χ3v) is 5.41. The van der Waals surface area contributed by atoms with E-state index in [1.54, 1.807) is 0 Å². The minimum Gasteiger partial charge on any atom is -0.394 e. The zero-order valence-electron chi connectivity index (χ0n) is 18.4. The molecule has 0 aliphatic carbocycles. The number of urea groups is 1. The highest BCUT2D eigenvalue weighted by Crippen LogP contribution is 2.30. The molecule has 35 heavy (non-hydrogen) atoms. The predicted octanol–water partition coefficient (Wildman–Crippen LogP) is 3.72. The number of ether oxygens (including phenoxy) is 1. The average molecular weight is 501 g/mol. The fourth-order valence-corrected chi connectivity index (χ4v) is 3.72. The molecule has 2 aromatic rings. The Labute approximate surface area is 197 Å². The first-order valence-electron chi connectivity index (χ1n) is 10.8. The summed E-state index contributed by atoms with van der Waals surface area (Å²) >= 11 is 0. The van der Waals surface area contributed by atoms with Crippen molar-refractivity contribution in [2.45, 2.75) is 50.2 Å². The number of alkyl halides is 3. The van der Waals surface area contributed by atoms with Gasteiger partial charge in [0.05, 0.1) is 30.7 Å². The highest BCUT2D eigenvalue weighted by atomic mass is 19.4. The van der Waals surface area contributed by atoms with Gasteiger partial charge in [0.15, 0.2) is 0 Å². The van der Waals surface area contributed by atoms with Gasteiger partial charge in [-0.3, -0.25) is 4.79 Å². The molecular weight excluding hydrogens is 477 g/mol. The van der Waals surface area contributed by atoms with Crippen LogP contribution in [0.4, 0.5) is 32.4 Å². The molecule has 3 atom stereocenters. The van der Waals surface area contributed by atoms with Crippen LogP contribution in [-0.4, -0.2) is 41.9 Å². The van der Waals surface area contributed by atoms with Gasteiger partial charge in [0.1, 0.15) is 17.7 Å². The largest absolute Gasteiger partial charge is 0.416 e. The van der Waals surface area contributed by atoms with E-state index in [0.717, 1.165) is 42.5 Å². The Hall–Kier alpha value is -3.25. The van der Waals surface area contributed by atoms with Gasteiger partial charge < -0.3 is 25.8 Å². The van der Waals surface area contributed by atoms with Crippen LogP contribution in [0.1, 0.15) is 30.4 Å². The van der Waals surface area contributed by atoms with E-state index in [1.165, 1.54) is 0 Å². The van der Waals surface area contributed by atoms with Crippen molar-refractivity contribution in [2.75, 3.05) is 11.9 Å². The summed E-state index contributed by atoms with van der Waals surface area (Å²) in [7, 11) is 0. The number of hydrogen-bond donors (Lipinski definition) is 4. The van der Waals surface area contributed by atoms with Gasteiger partial charge in [0, 0.05) is 18.3 Å². The summed E-state index contributed by atoms with van der Waals surface area (Å²) in [4.78, 5) is 24.5. The Bertz CT molecular complexity index is 1010. The number of rotatable bonds is 7. The van der Waals surface area contributed by atoms with Crippen molar-refractivity contribution in [1.29, 1.82) is 0 Å². The molecule has 1 aliphatic heterocycles. The van der Waals surface area contributed by atoms with Gasteiger partial charge in [-0.15, -0.1) is 0 Å². The molecular formula is C23H24F5N3O4. The normalized spacial score (nSPS) is 20.2. The van der Waals surface area contributed by atoms with Gasteiger partial charge in [-0.05, 0) is 54.8 Å². The second kappa shape index (κ2) is 11.5. The van der Waals surface area contributed by atoms with E-state index in [2.05, 4.69) is 16.0 Å². The van der Waals surface area contributed by atoms with Gasteiger partial charge >= 0.3 is 12.2 Å². The number of nitrogens with one attached hydrogen (secondary N) is 3. The number of benzene rings is 2. The first-order valence-corrected chi connectivity index (χ1v) is 10.8. The summed E-state index contributed by atoms with van der Waals surface area (Å²) < 4.78 is 70.1. The summed E-state index contributed by atoms with van der Waals surface area (Å²) in [5, 5.41) is 17.2. The average Bonchev–Trinajstić information content (AvgIpc) is 2.78. The lowest BCUT2D eigenvalue weighted by Gasteiger charge is -2.35. The molecule has 0 bridgehead atoms. The molecule has 3 rings (SSSR count). The maximum atomic E-state index is 13.2. The number of carbonyl (C=O) groups excluding carboxylic acids is 2. The van der Waals surface area contributed by atoms with E-state index in [0.29, 0.717) is 12.8 Å². The Morgan fingerprint density at radius 3 is 2.29 bits per heavy atom. The first kappa shape index (κ1) is 26.4. The molecule has 0 aromatic heterocycles. The number of carbonyl (C=O) groups is 2. The maximum absolute atomic E-state index is 13.2. The third-order valence-electron chi connectivity index (χ3n) is 5.41. The summed E-state index contributed by atoms with van der Waals surface area (Å²) in [5.74, 6) is -1.92. The van der Waals surface area contributed by atoms with E-state index in [9.17, 15) is 36.6 Å². The van der Waals surface area contributed by atoms with Crippen molar-refractivity contribution in [3.63, 3.8) is 0 Å². The lowest BCUT2D eigenvalue weighted by atomic mass is 9.97. The Balaban J connectivity index is 1.46. The maximum Gasteiger partial charge on any atom is 0.416 e. The second-order valence-electron chi connectivity index (χ2n) is 8.10. The topological polar surface area (TPSA) is 99.7 Å². The van der Waals surface area contributed by atoms with E-state index in [4.69, 9.17) is 4.74 Å². The fourth-order valence-electron chi connectivity index (χ4n) is 3.72. The predicted molar refractivity (Wildman–Crippen MR) is 115 cm³/mol. The van der Waals surface area contributed by atoms with Gasteiger partial charge in [0.25, 0.3) is 0 Å². The van der Waals surface area contributed by atoms with Crippen LogP contribution in [0.2, 0.25) is 0 Å². The zero-order valence-corrected chi connectivity index (χ0v) is 18.4. The number of anilines is 1. The number of hydrogen-bond acceptors (Lipinski definition) is 4. The van der Waals surface area contributed by atoms with Crippen LogP contribution in [0.5, 0.6) is 0 Å². The highest BCUT2D eigenvalue weighted by molar-refractivity contribution is 5.89. The molecule has 190 valence electrons. The van der Waals surface area contributed by atoms with E-state index in [1.807, 2.05) is 0 Å². The van der Waals surface area contributed by atoms with Crippen LogP contribution in [0.3, 0.4) is 0 Å². The minimum atomic E-state index is -4.49. The quantitative estimate of drug-likeness (QED) is 0.435. The molecule has 2 aromatic carbocycles. The lowest BCUT2D eigenvalue weighted by molar-refractivity contribution is -0.137. The highest BCUT2D eigenvalue weighted by Gasteiger charge is 2.33. The lowest BCUT2D eigenvalue weighted by Crippen LogP contribution is -2.52. The molecule has 3 amide bonds. The molecule has 1 saturated heterocycles. The first-order chi connectivity index (χ1) is 16.5. The fraction of sp³-hybridized carbons (Fsp3) is 0.391. The van der Waals surface area contributed by atoms with Crippen LogP contribution in [-0.2, 0) is 22.3 Å². The van der Waals surface area contributed by atoms with Gasteiger partial charge in [-0.2, -0.15) is 13.2 Å². The molecule has 0 radical (unpaired) electrons. The molecule has 1 fully saturated rings. The monoisotopic (exact) mass is 501 g/mol. The summed E-state index contributed by atoms with van der Waals surface area (Å²) in [5.41, 5.74) is -0.430. The van der Waals surface area contributed by atoms with Crippen molar-refractivity contribution in [3.8, 4) is 0 Å². The van der Waals surface area contributed by atoms with Crippen molar-refractivity contribution in [3.05, 3.63) is 65.2 Å². The third kappa shape index (κ3) is 7.89. The zero-order chi connectivity index (χ0) is 25.6. The number of aliphatic hydroxyl groups excluding tert-OH is 1. The van der Waals surface area contributed by atoms with E-state index >= 15 is 0 Å². The molecule has 12 heteroatoms. The number of amides is 3. The molecule has 1 heterocycles. The van der Waals surface area contributed by atoms with Gasteiger partial charge in [-0.1, -0.05) is 0 Å². The Kier molecular flexibility index (Phi) is 8.62. The Morgan fingerprint density at radius 2 is 1.69 bits per heavy atom. The molecule has 4 N–H and O–H groups in total. The van der Waals surface area contributed by atoms with Crippen LogP contribution in [0.25, 0.3) is 0 Å². The number of halogens is 5. The minimum absolute atomic E-state index is 0.0568. The second-order valence-corrected chi connectivity index (χ2v) is 8.10. The SMILES string of the molecule is O=C(C[C@@H]1CC[C@H](NC(=O)Nc2ccc(C(F)(F)F)cc2)[C@@H](CO)O1)NCc1cc(F)cc(F)c1. The standard InChI is InChI=1S/C23H24F5N3O4/c24-15-7-13(8-16(25)9-15)11-29-21(33)10-18-5-6-19(20(12-32)35-18)31-22(34)30-17-3-1-14(2-4-17)23(26,27)28/h1-4,7-9,18-20,32H,5-6,10-12H2,(H,29,33)(H2,30,31,34)/t18-,19-,20+/m0/s1. The molecule has 1 aliphatic rings. The molecule has 7 nitrogen and oxygen atoms in total. The van der Waals surface area contributed by atoms with Crippen LogP contribution in [0.15, 0.2) is 42.5 Å². The summed E-state index contributed by atoms with van der Waals surface area (Å²) in [6.07, 6.45) is -5.15. The smallest absolute Gasteiger partial charge is 0.394 e. The van der Waals surface area contributed by atoms with Gasteiger partial charge in [0.2, 0.25) is 5.91 Å². The van der Waals surface area contributed by atoms with Crippen LogP contribution >= 0.6 is 0 Å². The molecule has 0 unspecified atom stereocenters. The van der Waals surface area contributed by atoms with Crippen molar-refractivity contribution in [2.24, 2.45) is 0 Å². The van der Waals surface area contributed by atoms with Gasteiger partial charge in [-0.25, -0.2) is 13.6 Å². The van der Waals surface area contributed by atoms with Crippen molar-refractivity contribution in [1.82, 2.24) is 10.6 Å².